The number of benzene rings is 1. The number of sulfonamides is 1. The van der Waals surface area contributed by atoms with Gasteiger partial charge in [0, 0.05) is 18.7 Å². The van der Waals surface area contributed by atoms with Crippen molar-refractivity contribution in [2.45, 2.75) is 25.7 Å². The molecule has 0 aliphatic rings. The van der Waals surface area contributed by atoms with Crippen molar-refractivity contribution in [2.75, 3.05) is 19.6 Å². The average molecular weight is 313 g/mol. The number of carbonyl (C=O) groups excluding carboxylic acids is 1. The van der Waals surface area contributed by atoms with Crippen molar-refractivity contribution in [3.63, 3.8) is 0 Å². The molecule has 6 nitrogen and oxygen atoms in total. The first-order valence-electron chi connectivity index (χ1n) is 6.90. The molecule has 0 saturated carbocycles. The standard InChI is InChI=1S/C14H23N3O3S/c1-4-17-21(19,20)12-6-5-11(3)13(7-12)14(18)16-9-10(2)8-15/h5-7,10,17H,4,8-9,15H2,1-3H3,(H,16,18). The highest BCUT2D eigenvalue weighted by Crippen LogP contribution is 2.15. The Morgan fingerprint density at radius 1 is 1.38 bits per heavy atom. The van der Waals surface area contributed by atoms with Crippen LogP contribution in [0.25, 0.3) is 0 Å². The summed E-state index contributed by atoms with van der Waals surface area (Å²) in [5.41, 5.74) is 6.59. The molecule has 1 amide bonds. The molecule has 0 aromatic heterocycles. The minimum atomic E-state index is -3.57. The number of amides is 1. The molecule has 0 radical (unpaired) electrons. The molecule has 0 heterocycles. The molecule has 0 saturated heterocycles. The van der Waals surface area contributed by atoms with Crippen molar-refractivity contribution in [1.29, 1.82) is 0 Å². The molecule has 7 heteroatoms. The van der Waals surface area contributed by atoms with Gasteiger partial charge < -0.3 is 11.1 Å². The van der Waals surface area contributed by atoms with E-state index in [-0.39, 0.29) is 16.7 Å². The maximum Gasteiger partial charge on any atom is 0.251 e. The van der Waals surface area contributed by atoms with E-state index in [1.165, 1.54) is 12.1 Å². The van der Waals surface area contributed by atoms with E-state index < -0.39 is 10.0 Å². The van der Waals surface area contributed by atoms with Gasteiger partial charge in [-0.2, -0.15) is 0 Å². The van der Waals surface area contributed by atoms with Gasteiger partial charge in [-0.1, -0.05) is 19.9 Å². The lowest BCUT2D eigenvalue weighted by atomic mass is 10.1. The summed E-state index contributed by atoms with van der Waals surface area (Å²) in [6.07, 6.45) is 0. The number of rotatable bonds is 7. The Morgan fingerprint density at radius 3 is 2.62 bits per heavy atom. The molecule has 21 heavy (non-hydrogen) atoms. The van der Waals surface area contributed by atoms with Gasteiger partial charge in [0.15, 0.2) is 0 Å². The molecule has 0 bridgehead atoms. The van der Waals surface area contributed by atoms with Crippen molar-refractivity contribution in [1.82, 2.24) is 10.0 Å². The molecule has 0 aliphatic heterocycles. The molecular weight excluding hydrogens is 290 g/mol. The van der Waals surface area contributed by atoms with Crippen LogP contribution >= 0.6 is 0 Å². The predicted octanol–water partition coefficient (Wildman–Crippen LogP) is 0.618. The molecule has 0 spiro atoms. The zero-order valence-corrected chi connectivity index (χ0v) is 13.5. The van der Waals surface area contributed by atoms with E-state index in [1.54, 1.807) is 19.9 Å². The van der Waals surface area contributed by atoms with Crippen LogP contribution in [0.1, 0.15) is 29.8 Å². The fraction of sp³-hybridized carbons (Fsp3) is 0.500. The number of hydrogen-bond acceptors (Lipinski definition) is 4. The van der Waals surface area contributed by atoms with E-state index in [2.05, 4.69) is 10.0 Å². The second-order valence-electron chi connectivity index (χ2n) is 5.03. The molecule has 4 N–H and O–H groups in total. The van der Waals surface area contributed by atoms with Gasteiger partial charge in [-0.15, -0.1) is 0 Å². The highest BCUT2D eigenvalue weighted by molar-refractivity contribution is 7.89. The Bertz CT molecular complexity index is 599. The van der Waals surface area contributed by atoms with Gasteiger partial charge in [0.2, 0.25) is 10.0 Å². The van der Waals surface area contributed by atoms with Gasteiger partial charge in [0.05, 0.1) is 4.90 Å². The zero-order valence-electron chi connectivity index (χ0n) is 12.6. The fourth-order valence-electron chi connectivity index (χ4n) is 1.73. The Kier molecular flexibility index (Phi) is 6.32. The SMILES string of the molecule is CCNS(=O)(=O)c1ccc(C)c(C(=O)NCC(C)CN)c1. The van der Waals surface area contributed by atoms with Crippen LogP contribution < -0.4 is 15.8 Å². The van der Waals surface area contributed by atoms with Crippen molar-refractivity contribution in [3.05, 3.63) is 29.3 Å². The van der Waals surface area contributed by atoms with Crippen molar-refractivity contribution >= 4 is 15.9 Å². The predicted molar refractivity (Wildman–Crippen MR) is 82.6 cm³/mol. The van der Waals surface area contributed by atoms with Crippen LogP contribution in [0.5, 0.6) is 0 Å². The second-order valence-corrected chi connectivity index (χ2v) is 6.80. The quantitative estimate of drug-likeness (QED) is 0.686. The summed E-state index contributed by atoms with van der Waals surface area (Å²) >= 11 is 0. The fourth-order valence-corrected chi connectivity index (χ4v) is 2.80. The van der Waals surface area contributed by atoms with Gasteiger partial charge in [0.1, 0.15) is 0 Å². The van der Waals surface area contributed by atoms with Gasteiger partial charge >= 0.3 is 0 Å². The Hall–Kier alpha value is -1.44. The molecule has 1 unspecified atom stereocenters. The highest BCUT2D eigenvalue weighted by Gasteiger charge is 2.17. The summed E-state index contributed by atoms with van der Waals surface area (Å²) in [7, 11) is -3.57. The van der Waals surface area contributed by atoms with Crippen LogP contribution in [0.4, 0.5) is 0 Å². The number of hydrogen-bond donors (Lipinski definition) is 3. The number of nitrogens with two attached hydrogens (primary N) is 1. The van der Waals surface area contributed by atoms with E-state index in [0.717, 1.165) is 5.56 Å². The van der Waals surface area contributed by atoms with Gasteiger partial charge in [0.25, 0.3) is 5.91 Å². The van der Waals surface area contributed by atoms with Crippen LogP contribution in [0.3, 0.4) is 0 Å². The molecule has 118 valence electrons. The lowest BCUT2D eigenvalue weighted by Crippen LogP contribution is -2.32. The molecule has 1 aromatic carbocycles. The van der Waals surface area contributed by atoms with Crippen LogP contribution in [-0.4, -0.2) is 34.0 Å². The smallest absolute Gasteiger partial charge is 0.251 e. The lowest BCUT2D eigenvalue weighted by molar-refractivity contribution is 0.0947. The van der Waals surface area contributed by atoms with Crippen LogP contribution in [0.2, 0.25) is 0 Å². The number of carbonyl (C=O) groups is 1. The molecule has 1 rings (SSSR count). The van der Waals surface area contributed by atoms with Crippen LogP contribution in [0.15, 0.2) is 23.1 Å². The number of aryl methyl sites for hydroxylation is 1. The normalized spacial score (nSPS) is 13.0. The minimum Gasteiger partial charge on any atom is -0.352 e. The first kappa shape index (κ1) is 17.6. The third kappa shape index (κ3) is 4.80. The van der Waals surface area contributed by atoms with E-state index >= 15 is 0 Å². The maximum absolute atomic E-state index is 12.2. The summed E-state index contributed by atoms with van der Waals surface area (Å²) in [6.45, 7) is 6.64. The third-order valence-corrected chi connectivity index (χ3v) is 4.66. The lowest BCUT2D eigenvalue weighted by Gasteiger charge is -2.13. The first-order chi connectivity index (χ1) is 9.81. The van der Waals surface area contributed by atoms with Crippen LogP contribution in [0, 0.1) is 12.8 Å². The molecule has 1 atom stereocenters. The topological polar surface area (TPSA) is 101 Å². The summed E-state index contributed by atoms with van der Waals surface area (Å²) in [5.74, 6) is -0.121. The highest BCUT2D eigenvalue weighted by atomic mass is 32.2. The summed E-state index contributed by atoms with van der Waals surface area (Å²) in [6, 6.07) is 4.52. The second kappa shape index (κ2) is 7.53. The molecule has 0 aliphatic carbocycles. The summed E-state index contributed by atoms with van der Waals surface area (Å²) in [4.78, 5) is 12.2. The van der Waals surface area contributed by atoms with E-state index in [1.807, 2.05) is 6.92 Å². The van der Waals surface area contributed by atoms with E-state index in [0.29, 0.717) is 25.2 Å². The summed E-state index contributed by atoms with van der Waals surface area (Å²) in [5, 5.41) is 2.77. The van der Waals surface area contributed by atoms with E-state index in [4.69, 9.17) is 5.73 Å². The van der Waals surface area contributed by atoms with Crippen molar-refractivity contribution < 1.29 is 13.2 Å². The minimum absolute atomic E-state index is 0.0898. The van der Waals surface area contributed by atoms with E-state index in [9.17, 15) is 13.2 Å². The van der Waals surface area contributed by atoms with Crippen molar-refractivity contribution in [3.8, 4) is 0 Å². The first-order valence-corrected chi connectivity index (χ1v) is 8.38. The van der Waals surface area contributed by atoms with Gasteiger partial charge in [-0.25, -0.2) is 13.1 Å². The number of nitrogens with one attached hydrogen (secondary N) is 2. The average Bonchev–Trinajstić information content (AvgIpc) is 2.44. The maximum atomic E-state index is 12.2. The molecule has 0 fully saturated rings. The van der Waals surface area contributed by atoms with Crippen LogP contribution in [-0.2, 0) is 10.0 Å². The zero-order chi connectivity index (χ0) is 16.0. The Balaban J connectivity index is 3.00. The Morgan fingerprint density at radius 2 is 2.05 bits per heavy atom. The Labute approximate surface area is 126 Å². The molecule has 1 aromatic rings. The monoisotopic (exact) mass is 313 g/mol. The summed E-state index contributed by atoms with van der Waals surface area (Å²) < 4.78 is 26.3. The van der Waals surface area contributed by atoms with Gasteiger partial charge in [-0.3, -0.25) is 4.79 Å². The van der Waals surface area contributed by atoms with Crippen molar-refractivity contribution in [2.24, 2.45) is 11.7 Å². The third-order valence-electron chi connectivity index (χ3n) is 3.11. The molecular formula is C14H23N3O3S. The largest absolute Gasteiger partial charge is 0.352 e. The van der Waals surface area contributed by atoms with Gasteiger partial charge in [-0.05, 0) is 37.1 Å².